The smallest absolute Gasteiger partial charge is 0.262 e. The fourth-order valence-corrected chi connectivity index (χ4v) is 4.69. The molecular weight excluding hydrogens is 430 g/mol. The van der Waals surface area contributed by atoms with E-state index in [2.05, 4.69) is 15.6 Å². The number of rotatable bonds is 5. The first-order chi connectivity index (χ1) is 15.9. The first kappa shape index (κ1) is 21.4. The zero-order valence-corrected chi connectivity index (χ0v) is 17.8. The van der Waals surface area contributed by atoms with Gasteiger partial charge >= 0.3 is 0 Å². The second-order valence-corrected chi connectivity index (χ2v) is 8.78. The lowest BCUT2D eigenvalue weighted by molar-refractivity contribution is -0.136. The van der Waals surface area contributed by atoms with Crippen molar-refractivity contribution in [2.75, 3.05) is 19.8 Å². The molecule has 5 rings (SSSR count). The lowest BCUT2D eigenvalue weighted by atomic mass is 9.77. The third kappa shape index (κ3) is 3.72. The lowest BCUT2D eigenvalue weighted by Gasteiger charge is -2.34. The van der Waals surface area contributed by atoms with Gasteiger partial charge < -0.3 is 9.84 Å². The van der Waals surface area contributed by atoms with Crippen molar-refractivity contribution in [1.82, 2.24) is 25.2 Å². The first-order valence-electron chi connectivity index (χ1n) is 10.9. The van der Waals surface area contributed by atoms with Gasteiger partial charge in [-0.25, -0.2) is 4.68 Å². The molecule has 33 heavy (non-hydrogen) atoms. The van der Waals surface area contributed by atoms with Crippen LogP contribution in [0, 0.1) is 5.41 Å². The summed E-state index contributed by atoms with van der Waals surface area (Å²) in [7, 11) is 0. The van der Waals surface area contributed by atoms with Crippen molar-refractivity contribution < 1.29 is 29.0 Å². The van der Waals surface area contributed by atoms with E-state index in [4.69, 9.17) is 4.74 Å². The number of hydrogen-bond acceptors (Lipinski definition) is 8. The van der Waals surface area contributed by atoms with Gasteiger partial charge in [0.15, 0.2) is 0 Å². The molecule has 0 saturated carbocycles. The standard InChI is InChI=1S/C22H23N5O6/c28-12-22(5-7-33-8-6-22)10-13-11-26(25-24-13)14-1-2-15-16(9-14)21(32)27(20(15)31)17-3-4-18(29)23-19(17)30/h1-2,9,11,17,28H,3-8,10,12H2,(H,23,29,30). The van der Waals surface area contributed by atoms with E-state index in [9.17, 15) is 24.3 Å². The van der Waals surface area contributed by atoms with E-state index >= 15 is 0 Å². The molecule has 2 saturated heterocycles. The Morgan fingerprint density at radius 2 is 1.88 bits per heavy atom. The third-order valence-corrected chi connectivity index (χ3v) is 6.67. The predicted molar refractivity (Wildman–Crippen MR) is 111 cm³/mol. The van der Waals surface area contributed by atoms with Crippen molar-refractivity contribution >= 4 is 23.6 Å². The van der Waals surface area contributed by atoms with E-state index in [0.29, 0.717) is 31.0 Å². The van der Waals surface area contributed by atoms with Crippen LogP contribution >= 0.6 is 0 Å². The fourth-order valence-electron chi connectivity index (χ4n) is 4.69. The SMILES string of the molecule is O=C1CCC(N2C(=O)c3ccc(-n4cc(CC5(CO)CCOCC5)nn4)cc3C2=O)C(=O)N1. The summed E-state index contributed by atoms with van der Waals surface area (Å²) >= 11 is 0. The Bertz CT molecular complexity index is 1150. The molecule has 2 fully saturated rings. The van der Waals surface area contributed by atoms with Gasteiger partial charge in [-0.3, -0.25) is 29.4 Å². The second kappa shape index (κ2) is 8.16. The Kier molecular flexibility index (Phi) is 5.29. The molecule has 1 aromatic carbocycles. The molecule has 3 aliphatic rings. The van der Waals surface area contributed by atoms with E-state index in [-0.39, 0.29) is 36.0 Å². The largest absolute Gasteiger partial charge is 0.396 e. The number of nitrogens with zero attached hydrogens (tertiary/aromatic N) is 4. The van der Waals surface area contributed by atoms with Gasteiger partial charge in [0, 0.05) is 38.1 Å². The number of aromatic nitrogens is 3. The van der Waals surface area contributed by atoms with Gasteiger partial charge in [0.1, 0.15) is 6.04 Å². The van der Waals surface area contributed by atoms with Crippen LogP contribution in [0.5, 0.6) is 0 Å². The number of fused-ring (bicyclic) bond motifs is 1. The topological polar surface area (TPSA) is 144 Å². The maximum Gasteiger partial charge on any atom is 0.262 e. The van der Waals surface area contributed by atoms with Crippen LogP contribution in [-0.4, -0.2) is 74.5 Å². The number of carbonyl (C=O) groups excluding carboxylic acids is 4. The van der Waals surface area contributed by atoms with Crippen molar-refractivity contribution in [2.24, 2.45) is 5.41 Å². The molecule has 3 aliphatic heterocycles. The van der Waals surface area contributed by atoms with E-state index in [1.807, 2.05) is 0 Å². The number of nitrogens with one attached hydrogen (secondary N) is 1. The van der Waals surface area contributed by atoms with Crippen LogP contribution in [0.1, 0.15) is 52.1 Å². The highest BCUT2D eigenvalue weighted by Gasteiger charge is 2.44. The summed E-state index contributed by atoms with van der Waals surface area (Å²) in [5, 5.41) is 20.5. The Hall–Kier alpha value is -3.44. The Morgan fingerprint density at radius 1 is 1.12 bits per heavy atom. The van der Waals surface area contributed by atoms with E-state index in [0.717, 1.165) is 17.7 Å². The van der Waals surface area contributed by atoms with Gasteiger partial charge in [-0.15, -0.1) is 5.10 Å². The average molecular weight is 453 g/mol. The Morgan fingerprint density at radius 3 is 2.61 bits per heavy atom. The minimum atomic E-state index is -1.01. The van der Waals surface area contributed by atoms with Crippen LogP contribution < -0.4 is 5.32 Å². The number of imide groups is 2. The summed E-state index contributed by atoms with van der Waals surface area (Å²) in [4.78, 5) is 50.4. The molecule has 0 aliphatic carbocycles. The third-order valence-electron chi connectivity index (χ3n) is 6.67. The van der Waals surface area contributed by atoms with Gasteiger partial charge in [-0.05, 0) is 37.5 Å². The average Bonchev–Trinajstić information content (AvgIpc) is 3.37. The van der Waals surface area contributed by atoms with E-state index in [1.165, 1.54) is 10.7 Å². The number of carbonyl (C=O) groups is 4. The quantitative estimate of drug-likeness (QED) is 0.602. The minimum Gasteiger partial charge on any atom is -0.396 e. The summed E-state index contributed by atoms with van der Waals surface area (Å²) in [5.74, 6) is -2.19. The zero-order valence-electron chi connectivity index (χ0n) is 17.8. The predicted octanol–water partition coefficient (Wildman–Crippen LogP) is 0.000100. The fraction of sp³-hybridized carbons (Fsp3) is 0.455. The molecule has 11 nitrogen and oxygen atoms in total. The molecule has 0 radical (unpaired) electrons. The number of piperidine rings is 1. The number of hydrogen-bond donors (Lipinski definition) is 2. The number of amides is 4. The second-order valence-electron chi connectivity index (χ2n) is 8.78. The summed E-state index contributed by atoms with van der Waals surface area (Å²) in [6, 6.07) is 3.74. The molecule has 2 aromatic rings. The van der Waals surface area contributed by atoms with Gasteiger partial charge in [0.05, 0.1) is 28.7 Å². The molecular formula is C22H23N5O6. The number of ether oxygens (including phenoxy) is 1. The summed E-state index contributed by atoms with van der Waals surface area (Å²) in [6.45, 7) is 1.23. The van der Waals surface area contributed by atoms with Crippen molar-refractivity contribution in [3.63, 3.8) is 0 Å². The molecule has 2 N–H and O–H groups in total. The highest BCUT2D eigenvalue weighted by Crippen LogP contribution is 2.34. The Labute approximate surface area is 188 Å². The maximum atomic E-state index is 13.0. The van der Waals surface area contributed by atoms with E-state index in [1.54, 1.807) is 18.3 Å². The van der Waals surface area contributed by atoms with Crippen LogP contribution in [0.3, 0.4) is 0 Å². The van der Waals surface area contributed by atoms with Crippen molar-refractivity contribution in [1.29, 1.82) is 0 Å². The van der Waals surface area contributed by atoms with E-state index < -0.39 is 29.7 Å². The summed E-state index contributed by atoms with van der Waals surface area (Å²) in [5.41, 5.74) is 1.34. The number of benzene rings is 1. The normalized spacial score (nSPS) is 22.5. The maximum absolute atomic E-state index is 13.0. The van der Waals surface area contributed by atoms with Crippen molar-refractivity contribution in [2.45, 2.75) is 38.1 Å². The molecule has 4 heterocycles. The molecule has 0 spiro atoms. The highest BCUT2D eigenvalue weighted by molar-refractivity contribution is 6.23. The molecule has 0 bridgehead atoms. The number of aliphatic hydroxyl groups is 1. The number of aliphatic hydroxyl groups excluding tert-OH is 1. The molecule has 172 valence electrons. The highest BCUT2D eigenvalue weighted by atomic mass is 16.5. The molecule has 4 amide bonds. The lowest BCUT2D eigenvalue weighted by Crippen LogP contribution is -2.54. The monoisotopic (exact) mass is 453 g/mol. The molecule has 1 atom stereocenters. The molecule has 1 unspecified atom stereocenters. The zero-order chi connectivity index (χ0) is 23.2. The van der Waals surface area contributed by atoms with Crippen LogP contribution in [-0.2, 0) is 20.7 Å². The van der Waals surface area contributed by atoms with Gasteiger partial charge in [0.25, 0.3) is 11.8 Å². The van der Waals surface area contributed by atoms with Crippen molar-refractivity contribution in [3.05, 3.63) is 41.2 Å². The van der Waals surface area contributed by atoms with Crippen LogP contribution in [0.25, 0.3) is 5.69 Å². The molecule has 11 heteroatoms. The van der Waals surface area contributed by atoms with Gasteiger partial charge in [0.2, 0.25) is 11.8 Å². The molecule has 1 aromatic heterocycles. The van der Waals surface area contributed by atoms with Crippen LogP contribution in [0.2, 0.25) is 0 Å². The van der Waals surface area contributed by atoms with Crippen LogP contribution in [0.15, 0.2) is 24.4 Å². The van der Waals surface area contributed by atoms with Gasteiger partial charge in [-0.2, -0.15) is 0 Å². The minimum absolute atomic E-state index is 0.0366. The van der Waals surface area contributed by atoms with Gasteiger partial charge in [-0.1, -0.05) is 5.21 Å². The van der Waals surface area contributed by atoms with Crippen molar-refractivity contribution in [3.8, 4) is 5.69 Å². The first-order valence-corrected chi connectivity index (χ1v) is 10.9. The summed E-state index contributed by atoms with van der Waals surface area (Å²) in [6.07, 6.45) is 3.95. The van der Waals surface area contributed by atoms with Crippen LogP contribution in [0.4, 0.5) is 0 Å². The summed E-state index contributed by atoms with van der Waals surface area (Å²) < 4.78 is 6.93. The Balaban J connectivity index is 1.38.